The van der Waals surface area contributed by atoms with Crippen LogP contribution in [0.1, 0.15) is 20.3 Å². The molecule has 0 bridgehead atoms. The van der Waals surface area contributed by atoms with Gasteiger partial charge in [-0.05, 0) is 13.5 Å². The van der Waals surface area contributed by atoms with E-state index in [0.29, 0.717) is 5.78 Å². The summed E-state index contributed by atoms with van der Waals surface area (Å²) in [4.78, 5) is 13.7. The van der Waals surface area contributed by atoms with E-state index in [1.807, 2.05) is 20.9 Å². The summed E-state index contributed by atoms with van der Waals surface area (Å²) >= 11 is 0. The summed E-state index contributed by atoms with van der Waals surface area (Å²) < 4.78 is 0. The lowest BCUT2D eigenvalue weighted by atomic mass is 9.99. The Hall–Kier alpha value is -0.410. The average Bonchev–Trinajstić information content (AvgIpc) is 2.28. The van der Waals surface area contributed by atoms with E-state index < -0.39 is 0 Å². The van der Waals surface area contributed by atoms with Crippen molar-refractivity contribution in [1.29, 1.82) is 0 Å². The number of carbonyl (C=O) groups is 1. The zero-order valence-corrected chi connectivity index (χ0v) is 8.08. The van der Waals surface area contributed by atoms with Gasteiger partial charge < -0.3 is 5.73 Å². The predicted molar refractivity (Wildman–Crippen MR) is 48.9 cm³/mol. The number of Topliss-reactive ketones (excluding diaryl/α,β-unsaturated/α-hetero) is 1. The summed E-state index contributed by atoms with van der Waals surface area (Å²) in [5.74, 6) is 0.452. The molecule has 1 unspecified atom stereocenters. The Bertz CT molecular complexity index is 179. The average molecular weight is 170 g/mol. The second-order valence-electron chi connectivity index (χ2n) is 4.01. The van der Waals surface area contributed by atoms with Gasteiger partial charge in [-0.3, -0.25) is 9.69 Å². The Morgan fingerprint density at radius 3 is 2.50 bits per heavy atom. The molecule has 1 heterocycles. The summed E-state index contributed by atoms with van der Waals surface area (Å²) in [6, 6.07) is 0.252. The highest BCUT2D eigenvalue weighted by atomic mass is 16.1. The van der Waals surface area contributed by atoms with Gasteiger partial charge in [-0.2, -0.15) is 0 Å². The lowest BCUT2D eigenvalue weighted by Crippen LogP contribution is -2.35. The monoisotopic (exact) mass is 170 g/mol. The summed E-state index contributed by atoms with van der Waals surface area (Å²) in [6.07, 6.45) is 0.827. The van der Waals surface area contributed by atoms with Crippen molar-refractivity contribution in [2.75, 3.05) is 13.6 Å². The molecule has 1 fully saturated rings. The Morgan fingerprint density at radius 1 is 1.58 bits per heavy atom. The molecule has 0 radical (unpaired) electrons. The van der Waals surface area contributed by atoms with Crippen LogP contribution in [0, 0.1) is 5.92 Å². The van der Waals surface area contributed by atoms with Crippen LogP contribution in [0.15, 0.2) is 0 Å². The van der Waals surface area contributed by atoms with Gasteiger partial charge in [0.05, 0.1) is 6.04 Å². The van der Waals surface area contributed by atoms with Crippen LogP contribution < -0.4 is 5.73 Å². The van der Waals surface area contributed by atoms with Crippen molar-refractivity contribution in [3.8, 4) is 0 Å². The molecule has 1 aliphatic heterocycles. The van der Waals surface area contributed by atoms with Crippen LogP contribution in [0.4, 0.5) is 0 Å². The van der Waals surface area contributed by atoms with Crippen LogP contribution in [0.25, 0.3) is 0 Å². The van der Waals surface area contributed by atoms with E-state index in [-0.39, 0.29) is 18.0 Å². The maximum absolute atomic E-state index is 11.6. The van der Waals surface area contributed by atoms with Gasteiger partial charge in [0.2, 0.25) is 0 Å². The first-order chi connectivity index (χ1) is 5.52. The van der Waals surface area contributed by atoms with Gasteiger partial charge in [-0.15, -0.1) is 0 Å². The molecule has 2 N–H and O–H groups in total. The Balaban J connectivity index is 2.58. The molecule has 3 nitrogen and oxygen atoms in total. The summed E-state index contributed by atoms with van der Waals surface area (Å²) in [5.41, 5.74) is 5.76. The Labute approximate surface area is 73.9 Å². The van der Waals surface area contributed by atoms with E-state index in [0.717, 1.165) is 13.0 Å². The molecule has 12 heavy (non-hydrogen) atoms. The molecule has 0 aromatic heterocycles. The minimum Gasteiger partial charge on any atom is -0.326 e. The molecule has 0 spiro atoms. The normalized spacial score (nSPS) is 31.4. The van der Waals surface area contributed by atoms with Crippen molar-refractivity contribution in [3.63, 3.8) is 0 Å². The molecule has 0 aliphatic carbocycles. The van der Waals surface area contributed by atoms with Crippen molar-refractivity contribution in [1.82, 2.24) is 4.90 Å². The van der Waals surface area contributed by atoms with Gasteiger partial charge in [-0.25, -0.2) is 0 Å². The van der Waals surface area contributed by atoms with Crippen molar-refractivity contribution >= 4 is 5.78 Å². The molecule has 1 rings (SSSR count). The van der Waals surface area contributed by atoms with Crippen molar-refractivity contribution in [2.24, 2.45) is 11.7 Å². The highest BCUT2D eigenvalue weighted by molar-refractivity contribution is 5.86. The molecule has 0 amide bonds. The van der Waals surface area contributed by atoms with Gasteiger partial charge in [0.15, 0.2) is 5.78 Å². The number of carbonyl (C=O) groups excluding carboxylic acids is 1. The number of rotatable bonds is 2. The number of hydrogen-bond donors (Lipinski definition) is 1. The lowest BCUT2D eigenvalue weighted by molar-refractivity contribution is -0.125. The van der Waals surface area contributed by atoms with E-state index in [9.17, 15) is 4.79 Å². The molecule has 1 aliphatic rings. The fourth-order valence-electron chi connectivity index (χ4n) is 1.76. The zero-order chi connectivity index (χ0) is 9.30. The smallest absolute Gasteiger partial charge is 0.152 e. The SMILES string of the molecule is CC(C)C(=O)[C@@H]1CC(N)CN1C. The predicted octanol–water partition coefficient (Wildman–Crippen LogP) is 0.243. The van der Waals surface area contributed by atoms with Crippen LogP contribution in [0.2, 0.25) is 0 Å². The first-order valence-electron chi connectivity index (χ1n) is 4.52. The molecule has 1 saturated heterocycles. The maximum Gasteiger partial charge on any atom is 0.152 e. The third kappa shape index (κ3) is 1.84. The summed E-state index contributed by atoms with van der Waals surface area (Å²) in [6.45, 7) is 4.74. The van der Waals surface area contributed by atoms with Crippen LogP contribution in [-0.4, -0.2) is 36.4 Å². The van der Waals surface area contributed by atoms with Gasteiger partial charge >= 0.3 is 0 Å². The van der Waals surface area contributed by atoms with Crippen LogP contribution in [0.5, 0.6) is 0 Å². The number of nitrogens with zero attached hydrogens (tertiary/aromatic N) is 1. The minimum atomic E-state index is 0.0694. The molecular formula is C9H18N2O. The summed E-state index contributed by atoms with van der Waals surface area (Å²) in [7, 11) is 1.97. The molecule has 0 aromatic carbocycles. The molecule has 2 atom stereocenters. The van der Waals surface area contributed by atoms with Crippen LogP contribution in [0.3, 0.4) is 0 Å². The second-order valence-corrected chi connectivity index (χ2v) is 4.01. The van der Waals surface area contributed by atoms with Gasteiger partial charge in [0.25, 0.3) is 0 Å². The van der Waals surface area contributed by atoms with E-state index >= 15 is 0 Å². The Morgan fingerprint density at radius 2 is 2.17 bits per heavy atom. The topological polar surface area (TPSA) is 46.3 Å². The van der Waals surface area contributed by atoms with Gasteiger partial charge in [-0.1, -0.05) is 13.8 Å². The first-order valence-corrected chi connectivity index (χ1v) is 4.52. The minimum absolute atomic E-state index is 0.0694. The van der Waals surface area contributed by atoms with Crippen LogP contribution in [-0.2, 0) is 4.79 Å². The maximum atomic E-state index is 11.6. The van der Waals surface area contributed by atoms with E-state index in [4.69, 9.17) is 5.73 Å². The largest absolute Gasteiger partial charge is 0.326 e. The number of likely N-dealkylation sites (N-methyl/N-ethyl adjacent to an activating group) is 1. The van der Waals surface area contributed by atoms with Crippen molar-refractivity contribution in [2.45, 2.75) is 32.4 Å². The molecule has 3 heteroatoms. The molecule has 0 saturated carbocycles. The highest BCUT2D eigenvalue weighted by Gasteiger charge is 2.33. The zero-order valence-electron chi connectivity index (χ0n) is 8.08. The third-order valence-corrected chi connectivity index (χ3v) is 2.48. The lowest BCUT2D eigenvalue weighted by Gasteiger charge is -2.19. The number of hydrogen-bond acceptors (Lipinski definition) is 3. The van der Waals surface area contributed by atoms with E-state index in [1.165, 1.54) is 0 Å². The molecular weight excluding hydrogens is 152 g/mol. The number of nitrogens with two attached hydrogens (primary N) is 1. The fraction of sp³-hybridized carbons (Fsp3) is 0.889. The van der Waals surface area contributed by atoms with Crippen LogP contribution >= 0.6 is 0 Å². The second kappa shape index (κ2) is 3.54. The van der Waals surface area contributed by atoms with Crippen molar-refractivity contribution < 1.29 is 4.79 Å². The number of likely N-dealkylation sites (tertiary alicyclic amines) is 1. The van der Waals surface area contributed by atoms with Crippen molar-refractivity contribution in [3.05, 3.63) is 0 Å². The standard InChI is InChI=1S/C9H18N2O/c1-6(2)9(12)8-4-7(10)5-11(8)3/h6-8H,4-5,10H2,1-3H3/t7?,8-/m0/s1. The molecule has 0 aromatic rings. The fourth-order valence-corrected chi connectivity index (χ4v) is 1.76. The third-order valence-electron chi connectivity index (χ3n) is 2.48. The Kier molecular flexibility index (Phi) is 2.85. The van der Waals surface area contributed by atoms with E-state index in [2.05, 4.69) is 4.90 Å². The number of ketones is 1. The van der Waals surface area contributed by atoms with E-state index in [1.54, 1.807) is 0 Å². The molecule has 70 valence electrons. The quantitative estimate of drug-likeness (QED) is 0.646. The summed E-state index contributed by atoms with van der Waals surface area (Å²) in [5, 5.41) is 0. The first kappa shape index (κ1) is 9.68. The van der Waals surface area contributed by atoms with Gasteiger partial charge in [0.1, 0.15) is 0 Å². The van der Waals surface area contributed by atoms with Gasteiger partial charge in [0, 0.05) is 18.5 Å². The highest BCUT2D eigenvalue weighted by Crippen LogP contribution is 2.17.